The first kappa shape index (κ1) is 18.6. The first-order chi connectivity index (χ1) is 13.3. The molecule has 2 aromatic carbocycles. The van der Waals surface area contributed by atoms with E-state index < -0.39 is 0 Å². The summed E-state index contributed by atoms with van der Waals surface area (Å²) in [5.74, 6) is 1.60. The van der Waals surface area contributed by atoms with Crippen LogP contribution in [0.25, 0.3) is 10.9 Å². The van der Waals surface area contributed by atoms with E-state index in [2.05, 4.69) is 27.5 Å². The fraction of sp³-hybridized carbons (Fsp3) is 0.286. The van der Waals surface area contributed by atoms with Crippen LogP contribution in [0.3, 0.4) is 0 Å². The van der Waals surface area contributed by atoms with E-state index in [9.17, 15) is 4.79 Å². The molecule has 0 saturated heterocycles. The number of ether oxygens (including phenoxy) is 1. The average molecular weight is 364 g/mol. The van der Waals surface area contributed by atoms with E-state index >= 15 is 0 Å². The topological polar surface area (TPSA) is 76.1 Å². The van der Waals surface area contributed by atoms with E-state index in [1.54, 1.807) is 6.33 Å². The number of carbonyl (C=O) groups excluding carboxylic acids is 1. The largest absolute Gasteiger partial charge is 0.494 e. The van der Waals surface area contributed by atoms with Gasteiger partial charge in [-0.15, -0.1) is 0 Å². The van der Waals surface area contributed by atoms with Gasteiger partial charge >= 0.3 is 0 Å². The van der Waals surface area contributed by atoms with E-state index in [4.69, 9.17) is 4.74 Å². The van der Waals surface area contributed by atoms with Crippen LogP contribution in [0.15, 0.2) is 54.9 Å². The molecule has 0 aliphatic rings. The highest BCUT2D eigenvalue weighted by atomic mass is 16.5. The first-order valence-corrected chi connectivity index (χ1v) is 9.22. The summed E-state index contributed by atoms with van der Waals surface area (Å²) >= 11 is 0. The molecule has 0 saturated carbocycles. The average Bonchev–Trinajstić information content (AvgIpc) is 2.71. The predicted molar refractivity (Wildman–Crippen MR) is 108 cm³/mol. The molecular formula is C21H24N4O2. The van der Waals surface area contributed by atoms with Crippen LogP contribution in [0, 0.1) is 0 Å². The van der Waals surface area contributed by atoms with Crippen LogP contribution >= 0.6 is 0 Å². The Hall–Kier alpha value is -3.15. The fourth-order valence-electron chi connectivity index (χ4n) is 2.68. The molecule has 0 fully saturated rings. The highest BCUT2D eigenvalue weighted by molar-refractivity contribution is 5.91. The zero-order valence-electron chi connectivity index (χ0n) is 15.4. The number of rotatable bonds is 9. The summed E-state index contributed by atoms with van der Waals surface area (Å²) in [5.41, 5.74) is 1.68. The molecule has 27 heavy (non-hydrogen) atoms. The van der Waals surface area contributed by atoms with Crippen molar-refractivity contribution in [2.45, 2.75) is 26.2 Å². The van der Waals surface area contributed by atoms with E-state index in [1.807, 2.05) is 48.5 Å². The van der Waals surface area contributed by atoms with Gasteiger partial charge in [0.2, 0.25) is 5.91 Å². The molecule has 0 bridgehead atoms. The van der Waals surface area contributed by atoms with Crippen molar-refractivity contribution in [3.63, 3.8) is 0 Å². The molecule has 1 aromatic heterocycles. The van der Waals surface area contributed by atoms with Crippen molar-refractivity contribution in [2.75, 3.05) is 23.8 Å². The molecule has 0 aliphatic heterocycles. The van der Waals surface area contributed by atoms with Crippen LogP contribution < -0.4 is 15.4 Å². The summed E-state index contributed by atoms with van der Waals surface area (Å²) < 4.78 is 5.54. The van der Waals surface area contributed by atoms with Gasteiger partial charge in [-0.25, -0.2) is 9.97 Å². The Morgan fingerprint density at radius 1 is 1.07 bits per heavy atom. The molecule has 0 unspecified atom stereocenters. The lowest BCUT2D eigenvalue weighted by molar-refractivity contribution is -0.116. The zero-order chi connectivity index (χ0) is 18.9. The smallest absolute Gasteiger partial charge is 0.224 e. The lowest BCUT2D eigenvalue weighted by atomic mass is 10.2. The minimum absolute atomic E-state index is 0.00780. The van der Waals surface area contributed by atoms with E-state index in [-0.39, 0.29) is 5.91 Å². The number of para-hydroxylation sites is 1. The van der Waals surface area contributed by atoms with Gasteiger partial charge in [-0.1, -0.05) is 19.1 Å². The minimum Gasteiger partial charge on any atom is -0.494 e. The predicted octanol–water partition coefficient (Wildman–Crippen LogP) is 4.25. The number of nitrogens with one attached hydrogen (secondary N) is 2. The second-order valence-electron chi connectivity index (χ2n) is 6.19. The molecule has 6 heteroatoms. The van der Waals surface area contributed by atoms with Gasteiger partial charge in [-0.3, -0.25) is 4.79 Å². The van der Waals surface area contributed by atoms with Crippen LogP contribution in [-0.4, -0.2) is 29.0 Å². The Morgan fingerprint density at radius 2 is 1.89 bits per heavy atom. The molecule has 0 aliphatic carbocycles. The van der Waals surface area contributed by atoms with Crippen molar-refractivity contribution >= 4 is 28.3 Å². The van der Waals surface area contributed by atoms with Crippen LogP contribution in [0.4, 0.5) is 11.5 Å². The molecule has 2 N–H and O–H groups in total. The number of anilines is 2. The van der Waals surface area contributed by atoms with Gasteiger partial charge in [0.05, 0.1) is 12.1 Å². The third kappa shape index (κ3) is 5.41. The van der Waals surface area contributed by atoms with E-state index in [0.29, 0.717) is 26.0 Å². The zero-order valence-corrected chi connectivity index (χ0v) is 15.4. The van der Waals surface area contributed by atoms with Gasteiger partial charge in [0.25, 0.3) is 0 Å². The van der Waals surface area contributed by atoms with Gasteiger partial charge in [0.15, 0.2) is 0 Å². The number of nitrogens with zero attached hydrogens (tertiary/aromatic N) is 2. The molecule has 140 valence electrons. The van der Waals surface area contributed by atoms with Crippen molar-refractivity contribution in [2.24, 2.45) is 0 Å². The lowest BCUT2D eigenvalue weighted by Crippen LogP contribution is -2.13. The fourth-order valence-corrected chi connectivity index (χ4v) is 2.68. The summed E-state index contributed by atoms with van der Waals surface area (Å²) in [6.07, 6.45) is 3.66. The monoisotopic (exact) mass is 364 g/mol. The number of carbonyl (C=O) groups is 1. The number of aromatic nitrogens is 2. The van der Waals surface area contributed by atoms with Gasteiger partial charge in [0, 0.05) is 24.0 Å². The third-order valence-electron chi connectivity index (χ3n) is 4.03. The Morgan fingerprint density at radius 3 is 2.70 bits per heavy atom. The second-order valence-corrected chi connectivity index (χ2v) is 6.19. The Balaban J connectivity index is 1.43. The molecule has 1 heterocycles. The molecule has 0 spiro atoms. The number of fused-ring (bicyclic) bond motifs is 1. The minimum atomic E-state index is -0.00780. The molecule has 0 atom stereocenters. The third-order valence-corrected chi connectivity index (χ3v) is 4.03. The summed E-state index contributed by atoms with van der Waals surface area (Å²) in [7, 11) is 0. The van der Waals surface area contributed by atoms with Crippen molar-refractivity contribution in [3.05, 3.63) is 54.9 Å². The summed E-state index contributed by atoms with van der Waals surface area (Å²) in [4.78, 5) is 20.6. The maximum Gasteiger partial charge on any atom is 0.224 e. The summed E-state index contributed by atoms with van der Waals surface area (Å²) in [6.45, 7) is 3.43. The van der Waals surface area contributed by atoms with Gasteiger partial charge in [-0.05, 0) is 49.2 Å². The molecule has 3 rings (SSSR count). The maximum atomic E-state index is 12.1. The highest BCUT2D eigenvalue weighted by Crippen LogP contribution is 2.18. The Kier molecular flexibility index (Phi) is 6.57. The van der Waals surface area contributed by atoms with Crippen molar-refractivity contribution in [3.8, 4) is 5.75 Å². The van der Waals surface area contributed by atoms with Crippen molar-refractivity contribution in [1.82, 2.24) is 9.97 Å². The maximum absolute atomic E-state index is 12.1. The van der Waals surface area contributed by atoms with Gasteiger partial charge in [0.1, 0.15) is 17.9 Å². The van der Waals surface area contributed by atoms with Crippen LogP contribution in [-0.2, 0) is 4.79 Å². The SMILES string of the molecule is CCCOc1ccc(NC(=O)CCCNc2ncnc3ccccc23)cc1. The molecular weight excluding hydrogens is 340 g/mol. The molecule has 3 aromatic rings. The summed E-state index contributed by atoms with van der Waals surface area (Å²) in [6, 6.07) is 15.3. The van der Waals surface area contributed by atoms with Gasteiger partial charge in [-0.2, -0.15) is 0 Å². The number of benzene rings is 2. The number of hydrogen-bond acceptors (Lipinski definition) is 5. The molecule has 1 amide bonds. The molecule has 6 nitrogen and oxygen atoms in total. The normalized spacial score (nSPS) is 10.6. The highest BCUT2D eigenvalue weighted by Gasteiger charge is 2.05. The molecule has 0 radical (unpaired) electrons. The number of amides is 1. The van der Waals surface area contributed by atoms with Crippen molar-refractivity contribution < 1.29 is 9.53 Å². The van der Waals surface area contributed by atoms with Crippen LogP contribution in [0.1, 0.15) is 26.2 Å². The summed E-state index contributed by atoms with van der Waals surface area (Å²) in [5, 5.41) is 7.17. The Bertz CT molecular complexity index is 875. The lowest BCUT2D eigenvalue weighted by Gasteiger charge is -2.09. The van der Waals surface area contributed by atoms with E-state index in [0.717, 1.165) is 34.6 Å². The van der Waals surface area contributed by atoms with E-state index in [1.165, 1.54) is 0 Å². The first-order valence-electron chi connectivity index (χ1n) is 9.22. The van der Waals surface area contributed by atoms with Crippen LogP contribution in [0.2, 0.25) is 0 Å². The standard InChI is InChI=1S/C21H24N4O2/c1-2-14-27-17-11-9-16(10-12-17)25-20(26)8-5-13-22-21-18-6-3-4-7-19(18)23-15-24-21/h3-4,6-7,9-12,15H,2,5,8,13-14H2,1H3,(H,25,26)(H,22,23,24). The van der Waals surface area contributed by atoms with Crippen molar-refractivity contribution in [1.29, 1.82) is 0 Å². The van der Waals surface area contributed by atoms with Crippen LogP contribution in [0.5, 0.6) is 5.75 Å². The number of hydrogen-bond donors (Lipinski definition) is 2. The second kappa shape index (κ2) is 9.52. The van der Waals surface area contributed by atoms with Gasteiger partial charge < -0.3 is 15.4 Å². The Labute approximate surface area is 159 Å². The quantitative estimate of drug-likeness (QED) is 0.555.